The van der Waals surface area contributed by atoms with Gasteiger partial charge in [0.1, 0.15) is 11.4 Å². The van der Waals surface area contributed by atoms with Gasteiger partial charge in [-0.3, -0.25) is 4.79 Å². The molecule has 0 radical (unpaired) electrons. The zero-order valence-corrected chi connectivity index (χ0v) is 22.2. The standard InChI is InChI=1S/C21H26ClN3O6S3/c1-31-18-13-17(25(33(2,27)28)34(3,29)30)16(22)12-15(18)20(26)23-21-9-4-6-14(8-10-21)24(21)19-7-5-11-32-19/h5,7,11-14H,4,6,8-10H2,1-3H3,(H,23,26). The number of carbonyl (C=O) groups is 1. The maximum absolute atomic E-state index is 13.5. The van der Waals surface area contributed by atoms with Crippen molar-refractivity contribution in [2.75, 3.05) is 28.2 Å². The van der Waals surface area contributed by atoms with Gasteiger partial charge in [0.25, 0.3) is 5.91 Å². The summed E-state index contributed by atoms with van der Waals surface area (Å²) in [6.45, 7) is 0. The first kappa shape index (κ1) is 25.1. The van der Waals surface area contributed by atoms with Gasteiger partial charge in [0.05, 0.1) is 40.9 Å². The lowest BCUT2D eigenvalue weighted by Crippen LogP contribution is -2.61. The summed E-state index contributed by atoms with van der Waals surface area (Å²) in [6.07, 6.45) is 6.12. The number of sulfonamides is 2. The van der Waals surface area contributed by atoms with Gasteiger partial charge in [-0.1, -0.05) is 11.6 Å². The fourth-order valence-corrected chi connectivity index (χ4v) is 9.27. The van der Waals surface area contributed by atoms with E-state index in [9.17, 15) is 21.6 Å². The third-order valence-electron chi connectivity index (χ3n) is 6.25. The molecule has 2 bridgehead atoms. The van der Waals surface area contributed by atoms with E-state index in [1.54, 1.807) is 11.3 Å². The van der Waals surface area contributed by atoms with E-state index in [2.05, 4.69) is 10.2 Å². The van der Waals surface area contributed by atoms with Gasteiger partial charge in [0, 0.05) is 12.1 Å². The number of ether oxygens (including phenoxy) is 1. The average Bonchev–Trinajstić information content (AvgIpc) is 3.31. The number of piperidine rings is 1. The van der Waals surface area contributed by atoms with E-state index in [0.29, 0.717) is 6.04 Å². The number of hydrogen-bond donors (Lipinski definition) is 1. The maximum Gasteiger partial charge on any atom is 0.256 e. The van der Waals surface area contributed by atoms with Crippen LogP contribution in [0.3, 0.4) is 0 Å². The number of carbonyl (C=O) groups excluding carboxylic acids is 1. The number of hydrogen-bond acceptors (Lipinski definition) is 8. The predicted octanol–water partition coefficient (Wildman–Crippen LogP) is 3.41. The van der Waals surface area contributed by atoms with Crippen LogP contribution >= 0.6 is 22.9 Å². The summed E-state index contributed by atoms with van der Waals surface area (Å²) in [5.41, 5.74) is -0.767. The Morgan fingerprint density at radius 3 is 2.50 bits per heavy atom. The first-order chi connectivity index (χ1) is 15.9. The molecule has 34 heavy (non-hydrogen) atoms. The van der Waals surface area contributed by atoms with Crippen molar-refractivity contribution in [2.45, 2.75) is 43.8 Å². The summed E-state index contributed by atoms with van der Waals surface area (Å²) >= 11 is 7.95. The van der Waals surface area contributed by atoms with Crippen molar-refractivity contribution >= 4 is 59.6 Å². The van der Waals surface area contributed by atoms with Gasteiger partial charge in [-0.25, -0.2) is 16.8 Å². The van der Waals surface area contributed by atoms with Gasteiger partial charge in [-0.2, -0.15) is 3.71 Å². The number of fused-ring (bicyclic) bond motifs is 2. The lowest BCUT2D eigenvalue weighted by molar-refractivity contribution is 0.0884. The largest absolute Gasteiger partial charge is 0.496 e. The minimum Gasteiger partial charge on any atom is -0.496 e. The number of rotatable bonds is 7. The number of amides is 1. The van der Waals surface area contributed by atoms with Crippen LogP contribution in [0, 0.1) is 0 Å². The molecular formula is C21H26ClN3O6S3. The quantitative estimate of drug-likeness (QED) is 0.565. The van der Waals surface area contributed by atoms with E-state index in [1.165, 1.54) is 13.2 Å². The van der Waals surface area contributed by atoms with E-state index in [4.69, 9.17) is 16.3 Å². The van der Waals surface area contributed by atoms with Crippen molar-refractivity contribution in [3.8, 4) is 5.75 Å². The van der Waals surface area contributed by atoms with Crippen molar-refractivity contribution in [1.29, 1.82) is 0 Å². The number of methoxy groups -OCH3 is 1. The fraction of sp³-hybridized carbons (Fsp3) is 0.476. The van der Waals surface area contributed by atoms with Gasteiger partial charge in [-0.05, 0) is 55.7 Å². The van der Waals surface area contributed by atoms with Gasteiger partial charge in [-0.15, -0.1) is 11.3 Å². The monoisotopic (exact) mass is 547 g/mol. The second-order valence-corrected chi connectivity index (χ2v) is 13.8. The van der Waals surface area contributed by atoms with Crippen molar-refractivity contribution < 1.29 is 26.4 Å². The Morgan fingerprint density at radius 1 is 1.21 bits per heavy atom. The third kappa shape index (κ3) is 4.48. The molecule has 1 aromatic heterocycles. The average molecular weight is 548 g/mol. The zero-order chi connectivity index (χ0) is 24.9. The van der Waals surface area contributed by atoms with Crippen molar-refractivity contribution in [2.24, 2.45) is 0 Å². The summed E-state index contributed by atoms with van der Waals surface area (Å²) in [7, 11) is -7.12. The van der Waals surface area contributed by atoms with Gasteiger partial charge in [0.15, 0.2) is 0 Å². The van der Waals surface area contributed by atoms with Crippen LogP contribution in [0.2, 0.25) is 5.02 Å². The van der Waals surface area contributed by atoms with Crippen LogP contribution in [0.25, 0.3) is 0 Å². The maximum atomic E-state index is 13.5. The lowest BCUT2D eigenvalue weighted by atomic mass is 9.96. The van der Waals surface area contributed by atoms with Crippen LogP contribution in [0.15, 0.2) is 29.6 Å². The summed E-state index contributed by atoms with van der Waals surface area (Å²) in [6, 6.07) is 6.79. The Kier molecular flexibility index (Phi) is 6.56. The molecule has 0 spiro atoms. The van der Waals surface area contributed by atoms with Crippen molar-refractivity contribution in [1.82, 2.24) is 5.32 Å². The summed E-state index contributed by atoms with van der Waals surface area (Å²) in [4.78, 5) is 15.8. The highest BCUT2D eigenvalue weighted by atomic mass is 35.5. The molecule has 1 N–H and O–H groups in total. The van der Waals surface area contributed by atoms with E-state index in [1.807, 2.05) is 17.5 Å². The lowest BCUT2D eigenvalue weighted by Gasteiger charge is -2.46. The number of benzene rings is 1. The molecule has 2 atom stereocenters. The molecular weight excluding hydrogens is 522 g/mol. The smallest absolute Gasteiger partial charge is 0.256 e. The van der Waals surface area contributed by atoms with Gasteiger partial charge in [0.2, 0.25) is 20.0 Å². The van der Waals surface area contributed by atoms with E-state index in [-0.39, 0.29) is 25.7 Å². The SMILES string of the molecule is COc1cc(N(S(C)(=O)=O)S(C)(=O)=O)c(Cl)cc1C(=O)NC12CCCC(CC1)N2c1cccs1. The van der Waals surface area contributed by atoms with Crippen LogP contribution in [-0.2, 0) is 20.0 Å². The molecule has 2 aromatic rings. The van der Waals surface area contributed by atoms with Crippen LogP contribution in [0.5, 0.6) is 5.75 Å². The third-order valence-corrected chi connectivity index (χ3v) is 10.6. The molecule has 1 aromatic carbocycles. The van der Waals surface area contributed by atoms with E-state index >= 15 is 0 Å². The molecule has 1 amide bonds. The molecule has 186 valence electrons. The van der Waals surface area contributed by atoms with E-state index in [0.717, 1.165) is 55.7 Å². The molecule has 4 rings (SSSR count). The summed E-state index contributed by atoms with van der Waals surface area (Å²) in [5.74, 6) is -0.418. The van der Waals surface area contributed by atoms with E-state index < -0.39 is 31.6 Å². The molecule has 2 aliphatic rings. The first-order valence-corrected chi connectivity index (χ1v) is 15.6. The molecule has 9 nitrogen and oxygen atoms in total. The topological polar surface area (TPSA) is 113 Å². The Bertz CT molecular complexity index is 1280. The van der Waals surface area contributed by atoms with Crippen molar-refractivity contribution in [3.63, 3.8) is 0 Å². The van der Waals surface area contributed by atoms with Crippen LogP contribution in [-0.4, -0.2) is 54.1 Å². The predicted molar refractivity (Wildman–Crippen MR) is 134 cm³/mol. The number of thiophene rings is 1. The Balaban J connectivity index is 1.72. The molecule has 3 heterocycles. The number of nitrogens with zero attached hydrogens (tertiary/aromatic N) is 2. The zero-order valence-electron chi connectivity index (χ0n) is 18.9. The molecule has 2 fully saturated rings. The Morgan fingerprint density at radius 2 is 1.91 bits per heavy atom. The van der Waals surface area contributed by atoms with Gasteiger partial charge >= 0.3 is 0 Å². The second-order valence-electron chi connectivity index (χ2n) is 8.62. The summed E-state index contributed by atoms with van der Waals surface area (Å²) < 4.78 is 54.4. The Hall–Kier alpha value is -2.02. The fourth-order valence-electron chi connectivity index (χ4n) is 5.05. The first-order valence-electron chi connectivity index (χ1n) is 10.6. The number of nitrogens with one attached hydrogen (secondary N) is 1. The minimum absolute atomic E-state index is 0.0126. The molecule has 2 aliphatic heterocycles. The highest BCUT2D eigenvalue weighted by Gasteiger charge is 2.50. The molecule has 2 saturated heterocycles. The molecule has 13 heteroatoms. The minimum atomic E-state index is -4.22. The van der Waals surface area contributed by atoms with Crippen molar-refractivity contribution in [3.05, 3.63) is 40.2 Å². The van der Waals surface area contributed by atoms with Gasteiger partial charge < -0.3 is 15.0 Å². The number of anilines is 2. The van der Waals surface area contributed by atoms with Crippen LogP contribution < -0.4 is 18.7 Å². The van der Waals surface area contributed by atoms with Crippen LogP contribution in [0.1, 0.15) is 42.5 Å². The molecule has 0 saturated carbocycles. The number of halogens is 1. The normalized spacial score (nSPS) is 22.5. The highest BCUT2D eigenvalue weighted by molar-refractivity contribution is 8.09. The molecule has 2 unspecified atom stereocenters. The molecule has 0 aliphatic carbocycles. The summed E-state index contributed by atoms with van der Waals surface area (Å²) in [5, 5.41) is 6.09. The second kappa shape index (κ2) is 8.89. The highest BCUT2D eigenvalue weighted by Crippen LogP contribution is 2.47. The Labute approximate surface area is 208 Å². The van der Waals surface area contributed by atoms with Crippen LogP contribution in [0.4, 0.5) is 10.7 Å².